The van der Waals surface area contributed by atoms with Crippen LogP contribution in [0.5, 0.6) is 0 Å². The van der Waals surface area contributed by atoms with E-state index in [1.165, 1.54) is 0 Å². The lowest BCUT2D eigenvalue weighted by molar-refractivity contribution is -0.526. The average Bonchev–Trinajstić information content (AvgIpc) is 3.22. The van der Waals surface area contributed by atoms with E-state index < -0.39 is 6.04 Å². The van der Waals surface area contributed by atoms with Crippen LogP contribution in [0.4, 0.5) is 17.2 Å². The normalized spacial score (nSPS) is 18.5. The molecule has 4 rings (SSSR count). The van der Waals surface area contributed by atoms with Crippen LogP contribution in [0.2, 0.25) is 0 Å². The highest BCUT2D eigenvalue weighted by Gasteiger charge is 2.29. The van der Waals surface area contributed by atoms with E-state index in [0.717, 1.165) is 15.9 Å². The molecule has 1 fully saturated rings. The first-order chi connectivity index (χ1) is 15.4. The van der Waals surface area contributed by atoms with Crippen LogP contribution in [-0.2, 0) is 0 Å². The monoisotopic (exact) mass is 454 g/mol. The molecule has 32 heavy (non-hydrogen) atoms. The third kappa shape index (κ3) is 5.13. The van der Waals surface area contributed by atoms with Crippen molar-refractivity contribution < 1.29 is 9.72 Å². The standard InChI is InChI=1S/C22H26N6O3S/c1-13(2)25-19-10-21(26-15-5-8-18-20(9-15)32-12-24-18)23-11-17(19)22(29)27-14-3-6-16(7-4-14)28(30)31/h5,8-14,16H,3-4,6-7H2,1-2H3,(H,27,29)(H2,23,25,26). The van der Waals surface area contributed by atoms with Crippen LogP contribution >= 0.6 is 11.3 Å². The van der Waals surface area contributed by atoms with Gasteiger partial charge in [-0.3, -0.25) is 14.9 Å². The number of benzene rings is 1. The fourth-order valence-corrected chi connectivity index (χ4v) is 4.63. The number of nitro groups is 1. The summed E-state index contributed by atoms with van der Waals surface area (Å²) in [7, 11) is 0. The van der Waals surface area contributed by atoms with Gasteiger partial charge in [-0.25, -0.2) is 9.97 Å². The number of amides is 1. The van der Waals surface area contributed by atoms with Crippen LogP contribution in [0.1, 0.15) is 49.9 Å². The van der Waals surface area contributed by atoms with Crippen molar-refractivity contribution in [1.82, 2.24) is 15.3 Å². The zero-order valence-electron chi connectivity index (χ0n) is 18.0. The minimum Gasteiger partial charge on any atom is -0.382 e. The SMILES string of the molecule is CC(C)Nc1cc(Nc2ccc3ncsc3c2)ncc1C(=O)NC1CCC([N+](=O)[O-])CC1. The highest BCUT2D eigenvalue weighted by Crippen LogP contribution is 2.27. The molecule has 10 heteroatoms. The molecule has 3 aromatic rings. The summed E-state index contributed by atoms with van der Waals surface area (Å²) in [5, 5.41) is 20.6. The molecule has 0 bridgehead atoms. The topological polar surface area (TPSA) is 122 Å². The lowest BCUT2D eigenvalue weighted by Crippen LogP contribution is -2.40. The first-order valence-corrected chi connectivity index (χ1v) is 11.6. The van der Waals surface area contributed by atoms with Crippen LogP contribution in [0.25, 0.3) is 10.2 Å². The van der Waals surface area contributed by atoms with E-state index in [0.29, 0.717) is 42.8 Å². The number of carbonyl (C=O) groups is 1. The summed E-state index contributed by atoms with van der Waals surface area (Å²) < 4.78 is 1.08. The molecule has 1 amide bonds. The van der Waals surface area contributed by atoms with E-state index in [1.807, 2.05) is 43.6 Å². The van der Waals surface area contributed by atoms with Gasteiger partial charge in [0.2, 0.25) is 6.04 Å². The van der Waals surface area contributed by atoms with E-state index in [-0.39, 0.29) is 22.9 Å². The fourth-order valence-electron chi connectivity index (χ4n) is 3.91. The Morgan fingerprint density at radius 3 is 2.69 bits per heavy atom. The molecule has 168 valence electrons. The fraction of sp³-hybridized carbons (Fsp3) is 0.409. The molecule has 0 atom stereocenters. The van der Waals surface area contributed by atoms with E-state index in [4.69, 9.17) is 0 Å². The second-order valence-electron chi connectivity index (χ2n) is 8.34. The second-order valence-corrected chi connectivity index (χ2v) is 9.22. The quantitative estimate of drug-likeness (QED) is 0.353. The molecule has 2 aromatic heterocycles. The molecule has 2 heterocycles. The summed E-state index contributed by atoms with van der Waals surface area (Å²) in [6.07, 6.45) is 3.76. The molecule has 0 spiro atoms. The van der Waals surface area contributed by atoms with Gasteiger partial charge in [0.15, 0.2) is 0 Å². The molecular formula is C22H26N6O3S. The van der Waals surface area contributed by atoms with Gasteiger partial charge >= 0.3 is 0 Å². The van der Waals surface area contributed by atoms with E-state index in [2.05, 4.69) is 25.9 Å². The number of fused-ring (bicyclic) bond motifs is 1. The van der Waals surface area contributed by atoms with Crippen molar-refractivity contribution in [2.75, 3.05) is 10.6 Å². The van der Waals surface area contributed by atoms with Gasteiger partial charge < -0.3 is 16.0 Å². The number of rotatable bonds is 7. The van der Waals surface area contributed by atoms with Gasteiger partial charge in [-0.1, -0.05) is 0 Å². The number of nitrogens with one attached hydrogen (secondary N) is 3. The van der Waals surface area contributed by atoms with Crippen LogP contribution in [0.3, 0.4) is 0 Å². The number of carbonyl (C=O) groups excluding carboxylic acids is 1. The van der Waals surface area contributed by atoms with Crippen LogP contribution in [0, 0.1) is 10.1 Å². The summed E-state index contributed by atoms with van der Waals surface area (Å²) in [4.78, 5) is 32.4. The number of thiazole rings is 1. The van der Waals surface area contributed by atoms with Crippen molar-refractivity contribution in [3.63, 3.8) is 0 Å². The van der Waals surface area contributed by atoms with Gasteiger partial charge in [0.1, 0.15) is 5.82 Å². The molecule has 1 aromatic carbocycles. The molecule has 1 aliphatic carbocycles. The molecule has 3 N–H and O–H groups in total. The maximum atomic E-state index is 13.0. The van der Waals surface area contributed by atoms with Crippen molar-refractivity contribution in [3.8, 4) is 0 Å². The highest BCUT2D eigenvalue weighted by molar-refractivity contribution is 7.16. The van der Waals surface area contributed by atoms with Crippen molar-refractivity contribution in [2.45, 2.75) is 57.7 Å². The number of hydrogen-bond acceptors (Lipinski definition) is 8. The van der Waals surface area contributed by atoms with E-state index >= 15 is 0 Å². The van der Waals surface area contributed by atoms with E-state index in [1.54, 1.807) is 17.5 Å². The number of nitrogens with zero attached hydrogens (tertiary/aromatic N) is 3. The van der Waals surface area contributed by atoms with Crippen LogP contribution in [-0.4, -0.2) is 38.9 Å². The summed E-state index contributed by atoms with van der Waals surface area (Å²) >= 11 is 1.57. The predicted octanol–water partition coefficient (Wildman–Crippen LogP) is 4.57. The van der Waals surface area contributed by atoms with Gasteiger partial charge in [0.05, 0.1) is 27.0 Å². The maximum absolute atomic E-state index is 13.0. The molecule has 0 unspecified atom stereocenters. The smallest absolute Gasteiger partial charge is 0.255 e. The minimum absolute atomic E-state index is 0.0606. The lowest BCUT2D eigenvalue weighted by Gasteiger charge is -2.25. The van der Waals surface area contributed by atoms with Gasteiger partial charge in [-0.05, 0) is 44.9 Å². The van der Waals surface area contributed by atoms with Gasteiger partial charge in [-0.2, -0.15) is 0 Å². The van der Waals surface area contributed by atoms with Crippen molar-refractivity contribution in [1.29, 1.82) is 0 Å². The van der Waals surface area contributed by atoms with Crippen LogP contribution in [0.15, 0.2) is 36.0 Å². The van der Waals surface area contributed by atoms with Crippen LogP contribution < -0.4 is 16.0 Å². The van der Waals surface area contributed by atoms with Gasteiger partial charge in [0, 0.05) is 47.8 Å². The lowest BCUT2D eigenvalue weighted by atomic mass is 9.91. The van der Waals surface area contributed by atoms with Crippen molar-refractivity contribution in [2.24, 2.45) is 0 Å². The molecule has 9 nitrogen and oxygen atoms in total. The number of hydrogen-bond donors (Lipinski definition) is 3. The first kappa shape index (κ1) is 21.9. The largest absolute Gasteiger partial charge is 0.382 e. The molecule has 1 saturated carbocycles. The Morgan fingerprint density at radius 1 is 1.19 bits per heavy atom. The summed E-state index contributed by atoms with van der Waals surface area (Å²) in [5.41, 5.74) is 4.81. The van der Waals surface area contributed by atoms with E-state index in [9.17, 15) is 14.9 Å². The Bertz CT molecular complexity index is 1120. The zero-order chi connectivity index (χ0) is 22.7. The highest BCUT2D eigenvalue weighted by atomic mass is 32.1. The van der Waals surface area contributed by atoms with Gasteiger partial charge in [-0.15, -0.1) is 11.3 Å². The minimum atomic E-state index is -0.502. The number of anilines is 3. The third-order valence-electron chi connectivity index (χ3n) is 5.53. The Labute approximate surface area is 189 Å². The first-order valence-electron chi connectivity index (χ1n) is 10.7. The summed E-state index contributed by atoms with van der Waals surface area (Å²) in [6, 6.07) is 7.31. The van der Waals surface area contributed by atoms with Gasteiger partial charge in [0.25, 0.3) is 5.91 Å². The number of aromatic nitrogens is 2. The zero-order valence-corrected chi connectivity index (χ0v) is 18.8. The average molecular weight is 455 g/mol. The molecule has 0 aliphatic heterocycles. The Balaban J connectivity index is 1.49. The number of pyridine rings is 1. The van der Waals surface area contributed by atoms with Crippen molar-refractivity contribution in [3.05, 3.63) is 51.7 Å². The molecule has 0 saturated heterocycles. The summed E-state index contributed by atoms with van der Waals surface area (Å²) in [6.45, 7) is 4.01. The molecule has 0 radical (unpaired) electrons. The Kier molecular flexibility index (Phi) is 6.50. The second kappa shape index (κ2) is 9.47. The summed E-state index contributed by atoms with van der Waals surface area (Å²) in [5.74, 6) is 0.405. The molecular weight excluding hydrogens is 428 g/mol. The Hall–Kier alpha value is -3.27. The Morgan fingerprint density at radius 2 is 1.97 bits per heavy atom. The molecule has 1 aliphatic rings. The maximum Gasteiger partial charge on any atom is 0.255 e. The van der Waals surface area contributed by atoms with Crippen molar-refractivity contribution >= 4 is 44.7 Å². The predicted molar refractivity (Wildman–Crippen MR) is 126 cm³/mol. The third-order valence-corrected chi connectivity index (χ3v) is 6.32.